The van der Waals surface area contributed by atoms with E-state index in [1.54, 1.807) is 0 Å². The molecule has 1 aromatic rings. The SMILES string of the molecule is Cc1ccccc1C1(O)[C@@H]2CCCC[C@@H]2[C@@H]2CCCC[C@H]21. The van der Waals surface area contributed by atoms with Gasteiger partial charge in [-0.1, -0.05) is 49.9 Å². The Kier molecular flexibility index (Phi) is 3.37. The third-order valence-corrected chi connectivity index (χ3v) is 6.90. The van der Waals surface area contributed by atoms with E-state index in [2.05, 4.69) is 31.2 Å². The lowest BCUT2D eigenvalue weighted by Crippen LogP contribution is -2.40. The van der Waals surface area contributed by atoms with Crippen LogP contribution in [0.1, 0.15) is 62.5 Å². The van der Waals surface area contributed by atoms with Crippen molar-refractivity contribution in [1.82, 2.24) is 0 Å². The quantitative estimate of drug-likeness (QED) is 0.784. The van der Waals surface area contributed by atoms with E-state index in [0.717, 1.165) is 11.8 Å². The fourth-order valence-corrected chi connectivity index (χ4v) is 6.13. The van der Waals surface area contributed by atoms with Crippen molar-refractivity contribution in [2.75, 3.05) is 0 Å². The van der Waals surface area contributed by atoms with Gasteiger partial charge in [-0.15, -0.1) is 0 Å². The number of rotatable bonds is 1. The van der Waals surface area contributed by atoms with Crippen LogP contribution in [0.25, 0.3) is 0 Å². The second kappa shape index (κ2) is 5.12. The molecule has 3 saturated carbocycles. The molecule has 1 heteroatoms. The van der Waals surface area contributed by atoms with Gasteiger partial charge in [0.25, 0.3) is 0 Å². The smallest absolute Gasteiger partial charge is 0.0960 e. The summed E-state index contributed by atoms with van der Waals surface area (Å²) in [7, 11) is 0. The molecule has 4 rings (SSSR count). The van der Waals surface area contributed by atoms with E-state index in [0.29, 0.717) is 11.8 Å². The molecule has 1 aromatic carbocycles. The summed E-state index contributed by atoms with van der Waals surface area (Å²) in [5, 5.41) is 11.9. The largest absolute Gasteiger partial charge is 0.385 e. The zero-order chi connectivity index (χ0) is 14.4. The van der Waals surface area contributed by atoms with Crippen LogP contribution in [0.15, 0.2) is 24.3 Å². The van der Waals surface area contributed by atoms with Gasteiger partial charge in [-0.25, -0.2) is 0 Å². The Hall–Kier alpha value is -0.820. The second-order valence-electron chi connectivity index (χ2n) is 7.75. The fourth-order valence-electron chi connectivity index (χ4n) is 6.13. The maximum atomic E-state index is 11.9. The molecule has 5 atom stereocenters. The van der Waals surface area contributed by atoms with Gasteiger partial charge in [0.05, 0.1) is 5.60 Å². The van der Waals surface area contributed by atoms with Crippen molar-refractivity contribution in [2.45, 2.75) is 63.9 Å². The molecule has 3 aliphatic rings. The van der Waals surface area contributed by atoms with Crippen molar-refractivity contribution < 1.29 is 5.11 Å². The average Bonchev–Trinajstić information content (AvgIpc) is 2.79. The minimum atomic E-state index is -0.540. The summed E-state index contributed by atoms with van der Waals surface area (Å²) in [6.07, 6.45) is 10.6. The van der Waals surface area contributed by atoms with E-state index in [9.17, 15) is 5.11 Å². The Balaban J connectivity index is 1.82. The summed E-state index contributed by atoms with van der Waals surface area (Å²) in [5.41, 5.74) is 1.99. The van der Waals surface area contributed by atoms with E-state index in [4.69, 9.17) is 0 Å². The number of aliphatic hydroxyl groups is 1. The fraction of sp³-hybridized carbons (Fsp3) is 0.700. The van der Waals surface area contributed by atoms with Crippen molar-refractivity contribution in [3.8, 4) is 0 Å². The third-order valence-electron chi connectivity index (χ3n) is 6.90. The first-order valence-corrected chi connectivity index (χ1v) is 9.01. The summed E-state index contributed by atoms with van der Waals surface area (Å²) in [4.78, 5) is 0. The first-order chi connectivity index (χ1) is 10.2. The molecule has 1 N–H and O–H groups in total. The highest BCUT2D eigenvalue weighted by Gasteiger charge is 2.60. The first kappa shape index (κ1) is 13.8. The third kappa shape index (κ3) is 1.93. The topological polar surface area (TPSA) is 20.2 Å². The molecular weight excluding hydrogens is 256 g/mol. The van der Waals surface area contributed by atoms with Gasteiger partial charge < -0.3 is 5.11 Å². The predicted molar refractivity (Wildman–Crippen MR) is 86.0 cm³/mol. The Labute approximate surface area is 128 Å². The minimum absolute atomic E-state index is 0.514. The van der Waals surface area contributed by atoms with Crippen LogP contribution >= 0.6 is 0 Å². The highest BCUT2D eigenvalue weighted by Crippen LogP contribution is 2.63. The number of hydrogen-bond donors (Lipinski definition) is 1. The molecule has 1 nitrogen and oxygen atoms in total. The van der Waals surface area contributed by atoms with E-state index in [-0.39, 0.29) is 0 Å². The first-order valence-electron chi connectivity index (χ1n) is 9.01. The number of aryl methyl sites for hydroxylation is 1. The van der Waals surface area contributed by atoms with Gasteiger partial charge in [0.15, 0.2) is 0 Å². The van der Waals surface area contributed by atoms with E-state index in [1.165, 1.54) is 62.5 Å². The van der Waals surface area contributed by atoms with Crippen LogP contribution in [0.2, 0.25) is 0 Å². The molecular formula is C20H28O. The average molecular weight is 284 g/mol. The number of benzene rings is 1. The highest BCUT2D eigenvalue weighted by atomic mass is 16.3. The maximum Gasteiger partial charge on any atom is 0.0960 e. The molecule has 0 radical (unpaired) electrons. The van der Waals surface area contributed by atoms with Crippen LogP contribution in [0.5, 0.6) is 0 Å². The van der Waals surface area contributed by atoms with Gasteiger partial charge >= 0.3 is 0 Å². The minimum Gasteiger partial charge on any atom is -0.385 e. The van der Waals surface area contributed by atoms with Crippen LogP contribution in [-0.2, 0) is 5.60 Å². The van der Waals surface area contributed by atoms with Crippen molar-refractivity contribution >= 4 is 0 Å². The lowest BCUT2D eigenvalue weighted by atomic mass is 9.70. The summed E-state index contributed by atoms with van der Waals surface area (Å²) in [6, 6.07) is 8.61. The van der Waals surface area contributed by atoms with Crippen LogP contribution in [0, 0.1) is 30.6 Å². The molecule has 0 heterocycles. The Morgan fingerprint density at radius 2 is 1.38 bits per heavy atom. The molecule has 3 fully saturated rings. The van der Waals surface area contributed by atoms with Crippen LogP contribution in [0.4, 0.5) is 0 Å². The Morgan fingerprint density at radius 3 is 1.95 bits per heavy atom. The van der Waals surface area contributed by atoms with Crippen LogP contribution in [0.3, 0.4) is 0 Å². The summed E-state index contributed by atoms with van der Waals surface area (Å²) in [5.74, 6) is 2.60. The summed E-state index contributed by atoms with van der Waals surface area (Å²) < 4.78 is 0. The standard InChI is InChI=1S/C20H28O/c1-14-8-2-5-11-17(14)20(21)18-12-6-3-9-15(18)16-10-4-7-13-19(16)20/h2,5,8,11,15-16,18-19,21H,3-4,6-7,9-10,12-13H2,1H3/t15-,16+,18-,19-,20?/m1/s1. The molecule has 114 valence electrons. The van der Waals surface area contributed by atoms with Gasteiger partial charge in [-0.3, -0.25) is 0 Å². The molecule has 0 aliphatic heterocycles. The Morgan fingerprint density at radius 1 is 0.857 bits per heavy atom. The summed E-state index contributed by atoms with van der Waals surface area (Å²) >= 11 is 0. The van der Waals surface area contributed by atoms with Crippen LogP contribution in [-0.4, -0.2) is 5.11 Å². The molecule has 1 unspecified atom stereocenters. The van der Waals surface area contributed by atoms with Gasteiger partial charge in [0.2, 0.25) is 0 Å². The van der Waals surface area contributed by atoms with Gasteiger partial charge in [0.1, 0.15) is 0 Å². The van der Waals surface area contributed by atoms with Crippen molar-refractivity contribution in [3.63, 3.8) is 0 Å². The second-order valence-corrected chi connectivity index (χ2v) is 7.75. The molecule has 0 bridgehead atoms. The van der Waals surface area contributed by atoms with Gasteiger partial charge in [-0.05, 0) is 67.4 Å². The van der Waals surface area contributed by atoms with Crippen molar-refractivity contribution in [3.05, 3.63) is 35.4 Å². The molecule has 0 saturated heterocycles. The monoisotopic (exact) mass is 284 g/mol. The van der Waals surface area contributed by atoms with Gasteiger partial charge in [0, 0.05) is 0 Å². The lowest BCUT2D eigenvalue weighted by molar-refractivity contribution is -0.0655. The zero-order valence-electron chi connectivity index (χ0n) is 13.2. The normalized spacial score (nSPS) is 42.4. The van der Waals surface area contributed by atoms with Gasteiger partial charge in [-0.2, -0.15) is 0 Å². The molecule has 0 spiro atoms. The number of fused-ring (bicyclic) bond motifs is 3. The number of hydrogen-bond acceptors (Lipinski definition) is 1. The maximum absolute atomic E-state index is 11.9. The molecule has 0 amide bonds. The van der Waals surface area contributed by atoms with E-state index >= 15 is 0 Å². The Bertz CT molecular complexity index is 498. The molecule has 0 aromatic heterocycles. The van der Waals surface area contributed by atoms with E-state index < -0.39 is 5.60 Å². The van der Waals surface area contributed by atoms with Crippen molar-refractivity contribution in [2.24, 2.45) is 23.7 Å². The zero-order valence-corrected chi connectivity index (χ0v) is 13.2. The summed E-state index contributed by atoms with van der Waals surface area (Å²) in [6.45, 7) is 2.18. The molecule has 3 aliphatic carbocycles. The predicted octanol–water partition coefficient (Wildman–Crippen LogP) is 4.81. The lowest BCUT2D eigenvalue weighted by Gasteiger charge is -2.40. The van der Waals surface area contributed by atoms with Crippen molar-refractivity contribution in [1.29, 1.82) is 0 Å². The highest BCUT2D eigenvalue weighted by molar-refractivity contribution is 5.35. The molecule has 21 heavy (non-hydrogen) atoms. The van der Waals surface area contributed by atoms with E-state index in [1.807, 2.05) is 0 Å². The van der Waals surface area contributed by atoms with Crippen LogP contribution < -0.4 is 0 Å².